The van der Waals surface area contributed by atoms with E-state index in [1.807, 2.05) is 11.8 Å². The minimum atomic E-state index is -0.0839. The third-order valence-electron chi connectivity index (χ3n) is 2.53. The van der Waals surface area contributed by atoms with Crippen molar-refractivity contribution < 1.29 is 4.74 Å². The van der Waals surface area contributed by atoms with Gasteiger partial charge in [-0.15, -0.1) is 0 Å². The van der Waals surface area contributed by atoms with Gasteiger partial charge >= 0.3 is 0 Å². The summed E-state index contributed by atoms with van der Waals surface area (Å²) < 4.78 is 5.61. The van der Waals surface area contributed by atoms with Crippen molar-refractivity contribution in [2.24, 2.45) is 0 Å². The van der Waals surface area contributed by atoms with Gasteiger partial charge in [-0.2, -0.15) is 11.8 Å². The lowest BCUT2D eigenvalue weighted by Crippen LogP contribution is -2.18. The standard InChI is InChI=1S/C11H14Cl2N2OS/c1-2-3-7-9(12)14-11(15-10(7)13)8-6-17-5-4-16-8/h8H,2-6H2,1H3. The van der Waals surface area contributed by atoms with Crippen molar-refractivity contribution in [3.8, 4) is 0 Å². The second-order valence-electron chi connectivity index (χ2n) is 3.83. The minimum Gasteiger partial charge on any atom is -0.368 e. The first-order chi connectivity index (χ1) is 8.22. The van der Waals surface area contributed by atoms with Gasteiger partial charge in [0.15, 0.2) is 5.82 Å². The van der Waals surface area contributed by atoms with Gasteiger partial charge in [-0.1, -0.05) is 36.5 Å². The molecule has 1 atom stereocenters. The summed E-state index contributed by atoms with van der Waals surface area (Å²) in [6.45, 7) is 2.80. The van der Waals surface area contributed by atoms with E-state index in [2.05, 4.69) is 16.9 Å². The fourth-order valence-electron chi connectivity index (χ4n) is 1.68. The van der Waals surface area contributed by atoms with Gasteiger partial charge < -0.3 is 4.74 Å². The van der Waals surface area contributed by atoms with Crippen LogP contribution in [0.2, 0.25) is 10.3 Å². The minimum absolute atomic E-state index is 0.0839. The third-order valence-corrected chi connectivity index (χ3v) is 4.15. The van der Waals surface area contributed by atoms with Gasteiger partial charge in [0.25, 0.3) is 0 Å². The molecule has 0 bridgehead atoms. The molecule has 2 heterocycles. The van der Waals surface area contributed by atoms with Crippen LogP contribution in [-0.2, 0) is 11.2 Å². The summed E-state index contributed by atoms with van der Waals surface area (Å²) in [5.41, 5.74) is 0.836. The molecule has 1 fully saturated rings. The van der Waals surface area contributed by atoms with Crippen LogP contribution in [0.25, 0.3) is 0 Å². The first kappa shape index (κ1) is 13.4. The highest BCUT2D eigenvalue weighted by Gasteiger charge is 2.21. The van der Waals surface area contributed by atoms with Crippen molar-refractivity contribution >= 4 is 35.0 Å². The molecule has 1 aromatic rings. The molecule has 0 saturated carbocycles. The van der Waals surface area contributed by atoms with E-state index in [4.69, 9.17) is 27.9 Å². The summed E-state index contributed by atoms with van der Waals surface area (Å²) >= 11 is 14.1. The van der Waals surface area contributed by atoms with Gasteiger partial charge in [-0.3, -0.25) is 0 Å². The molecule has 94 valence electrons. The summed E-state index contributed by atoms with van der Waals surface area (Å²) in [4.78, 5) is 8.62. The van der Waals surface area contributed by atoms with Crippen LogP contribution >= 0.6 is 35.0 Å². The molecule has 0 amide bonds. The van der Waals surface area contributed by atoms with E-state index in [1.54, 1.807) is 0 Å². The van der Waals surface area contributed by atoms with Crippen LogP contribution in [0.1, 0.15) is 30.8 Å². The van der Waals surface area contributed by atoms with Crippen molar-refractivity contribution in [2.75, 3.05) is 18.1 Å². The number of ether oxygens (including phenoxy) is 1. The van der Waals surface area contributed by atoms with Crippen LogP contribution in [0.5, 0.6) is 0 Å². The Balaban J connectivity index is 2.24. The highest BCUT2D eigenvalue weighted by Crippen LogP contribution is 2.29. The van der Waals surface area contributed by atoms with Gasteiger partial charge in [-0.25, -0.2) is 9.97 Å². The Morgan fingerprint density at radius 2 is 2.06 bits per heavy atom. The maximum Gasteiger partial charge on any atom is 0.161 e. The molecule has 1 aliphatic heterocycles. The smallest absolute Gasteiger partial charge is 0.161 e. The molecule has 2 rings (SSSR count). The number of hydrogen-bond acceptors (Lipinski definition) is 4. The fraction of sp³-hybridized carbons (Fsp3) is 0.636. The molecule has 1 unspecified atom stereocenters. The lowest BCUT2D eigenvalue weighted by Gasteiger charge is -2.21. The zero-order chi connectivity index (χ0) is 12.3. The second kappa shape index (κ2) is 6.23. The van der Waals surface area contributed by atoms with Crippen LogP contribution < -0.4 is 0 Å². The number of hydrogen-bond donors (Lipinski definition) is 0. The van der Waals surface area contributed by atoms with Crippen molar-refractivity contribution in [3.63, 3.8) is 0 Å². The topological polar surface area (TPSA) is 35.0 Å². The lowest BCUT2D eigenvalue weighted by molar-refractivity contribution is 0.0694. The van der Waals surface area contributed by atoms with Crippen LogP contribution in [-0.4, -0.2) is 28.1 Å². The SMILES string of the molecule is CCCc1c(Cl)nc(C2CSCCO2)nc1Cl. The molecule has 17 heavy (non-hydrogen) atoms. The third kappa shape index (κ3) is 3.25. The molecule has 1 aromatic heterocycles. The number of nitrogens with zero attached hydrogens (tertiary/aromatic N) is 2. The first-order valence-corrected chi connectivity index (χ1v) is 7.54. The van der Waals surface area contributed by atoms with E-state index >= 15 is 0 Å². The number of aromatic nitrogens is 2. The maximum absolute atomic E-state index is 6.13. The molecule has 0 aliphatic carbocycles. The predicted molar refractivity (Wildman–Crippen MR) is 72.1 cm³/mol. The molecular formula is C11H14Cl2N2OS. The molecule has 1 aliphatic rings. The zero-order valence-electron chi connectivity index (χ0n) is 9.58. The molecule has 6 heteroatoms. The normalized spacial score (nSPS) is 20.5. The largest absolute Gasteiger partial charge is 0.368 e. The van der Waals surface area contributed by atoms with Crippen molar-refractivity contribution in [1.29, 1.82) is 0 Å². The highest BCUT2D eigenvalue weighted by molar-refractivity contribution is 7.99. The Morgan fingerprint density at radius 1 is 1.35 bits per heavy atom. The number of halogens is 2. The second-order valence-corrected chi connectivity index (χ2v) is 5.69. The Labute approximate surface area is 115 Å². The Kier molecular flexibility index (Phi) is 4.91. The molecule has 3 nitrogen and oxygen atoms in total. The Hall–Kier alpha value is -0.0300. The molecular weight excluding hydrogens is 279 g/mol. The van der Waals surface area contributed by atoms with Gasteiger partial charge in [0.1, 0.15) is 16.4 Å². The van der Waals surface area contributed by atoms with Gasteiger partial charge in [0.2, 0.25) is 0 Å². The number of thioether (sulfide) groups is 1. The number of rotatable bonds is 3. The lowest BCUT2D eigenvalue weighted by atomic mass is 10.2. The highest BCUT2D eigenvalue weighted by atomic mass is 35.5. The summed E-state index contributed by atoms with van der Waals surface area (Å²) in [5, 5.41) is 0.919. The predicted octanol–water partition coefficient (Wildman–Crippen LogP) is 3.54. The van der Waals surface area contributed by atoms with Crippen LogP contribution in [0.3, 0.4) is 0 Å². The Morgan fingerprint density at radius 3 is 2.59 bits per heavy atom. The van der Waals surface area contributed by atoms with Crippen molar-refractivity contribution in [2.45, 2.75) is 25.9 Å². The van der Waals surface area contributed by atoms with E-state index in [1.165, 1.54) is 0 Å². The van der Waals surface area contributed by atoms with Crippen molar-refractivity contribution in [3.05, 3.63) is 21.7 Å². The average Bonchev–Trinajstić information content (AvgIpc) is 2.35. The Bertz CT molecular complexity index is 374. The maximum atomic E-state index is 6.13. The molecule has 0 radical (unpaired) electrons. The van der Waals surface area contributed by atoms with Gasteiger partial charge in [0, 0.05) is 17.1 Å². The summed E-state index contributed by atoms with van der Waals surface area (Å²) in [7, 11) is 0. The van der Waals surface area contributed by atoms with E-state index in [-0.39, 0.29) is 6.10 Å². The molecule has 0 N–H and O–H groups in total. The molecule has 1 saturated heterocycles. The van der Waals surface area contributed by atoms with Crippen LogP contribution in [0, 0.1) is 0 Å². The molecule has 0 aromatic carbocycles. The van der Waals surface area contributed by atoms with Gasteiger partial charge in [0.05, 0.1) is 6.61 Å². The van der Waals surface area contributed by atoms with Crippen LogP contribution in [0.15, 0.2) is 0 Å². The first-order valence-electron chi connectivity index (χ1n) is 5.63. The quantitative estimate of drug-likeness (QED) is 0.798. The summed E-state index contributed by atoms with van der Waals surface area (Å²) in [6, 6.07) is 0. The van der Waals surface area contributed by atoms with Gasteiger partial charge in [-0.05, 0) is 6.42 Å². The fourth-order valence-corrected chi connectivity index (χ4v) is 3.11. The molecule has 0 spiro atoms. The monoisotopic (exact) mass is 292 g/mol. The zero-order valence-corrected chi connectivity index (χ0v) is 11.9. The van der Waals surface area contributed by atoms with E-state index in [0.717, 1.165) is 36.5 Å². The summed E-state index contributed by atoms with van der Waals surface area (Å²) in [5.74, 6) is 2.48. The summed E-state index contributed by atoms with van der Waals surface area (Å²) in [6.07, 6.45) is 1.69. The van der Waals surface area contributed by atoms with E-state index in [0.29, 0.717) is 16.1 Å². The van der Waals surface area contributed by atoms with E-state index in [9.17, 15) is 0 Å². The van der Waals surface area contributed by atoms with E-state index < -0.39 is 0 Å². The van der Waals surface area contributed by atoms with Crippen LogP contribution in [0.4, 0.5) is 0 Å². The average molecular weight is 293 g/mol. The van der Waals surface area contributed by atoms with Crippen molar-refractivity contribution in [1.82, 2.24) is 9.97 Å².